The molecule has 0 saturated carbocycles. The first-order valence-corrected chi connectivity index (χ1v) is 7.85. The fraction of sp³-hybridized carbons (Fsp3) is 0.364. The van der Waals surface area contributed by atoms with Crippen LogP contribution in [0.15, 0.2) is 11.4 Å². The summed E-state index contributed by atoms with van der Waals surface area (Å²) in [4.78, 5) is 11.5. The fourth-order valence-electron chi connectivity index (χ4n) is 1.11. The number of aliphatic hydroxyl groups is 1. The topological polar surface area (TPSA) is 105 Å². The van der Waals surface area contributed by atoms with E-state index in [1.54, 1.807) is 16.2 Å². The Bertz CT molecular complexity index is 612. The standard InChI is InChI=1S/C11H14N2O5S2/c1-18-11(15)13-20(16,17)12-7-10-6-9(8-19-10)4-2-3-5-14/h6,8,12,14H,3,5,7H2,1H3,(H,13,15). The van der Waals surface area contributed by atoms with Gasteiger partial charge >= 0.3 is 16.3 Å². The molecule has 0 aliphatic heterocycles. The second-order valence-electron chi connectivity index (χ2n) is 3.50. The van der Waals surface area contributed by atoms with Crippen molar-refractivity contribution in [3.05, 3.63) is 21.9 Å². The zero-order valence-corrected chi connectivity index (χ0v) is 12.3. The molecule has 3 N–H and O–H groups in total. The van der Waals surface area contributed by atoms with Gasteiger partial charge in [0.15, 0.2) is 0 Å². The molecule has 0 radical (unpaired) electrons. The van der Waals surface area contributed by atoms with Gasteiger partial charge in [0.25, 0.3) is 0 Å². The third-order valence-electron chi connectivity index (χ3n) is 1.96. The van der Waals surface area contributed by atoms with Crippen LogP contribution in [0.4, 0.5) is 4.79 Å². The van der Waals surface area contributed by atoms with Gasteiger partial charge in [-0.1, -0.05) is 11.8 Å². The number of ether oxygens (including phenoxy) is 1. The Kier molecular flexibility index (Phi) is 6.47. The molecule has 20 heavy (non-hydrogen) atoms. The number of methoxy groups -OCH3 is 1. The van der Waals surface area contributed by atoms with Gasteiger partial charge in [-0.25, -0.2) is 9.52 Å². The molecule has 1 aromatic heterocycles. The second-order valence-corrected chi connectivity index (χ2v) is 5.99. The van der Waals surface area contributed by atoms with Crippen molar-refractivity contribution in [2.75, 3.05) is 13.7 Å². The van der Waals surface area contributed by atoms with Crippen LogP contribution in [0.1, 0.15) is 16.9 Å². The summed E-state index contributed by atoms with van der Waals surface area (Å²) < 4.78 is 30.9. The number of hydrogen-bond donors (Lipinski definition) is 3. The quantitative estimate of drug-likeness (QED) is 0.671. The molecule has 110 valence electrons. The fourth-order valence-corrected chi connectivity index (χ4v) is 2.68. The van der Waals surface area contributed by atoms with Gasteiger partial charge in [-0.3, -0.25) is 0 Å². The summed E-state index contributed by atoms with van der Waals surface area (Å²) in [5, 5.41) is 10.4. The molecule has 1 heterocycles. The molecule has 0 atom stereocenters. The smallest absolute Gasteiger partial charge is 0.421 e. The van der Waals surface area contributed by atoms with E-state index in [2.05, 4.69) is 21.3 Å². The molecule has 0 spiro atoms. The lowest BCUT2D eigenvalue weighted by atomic mass is 10.3. The molecule has 1 rings (SSSR count). The van der Waals surface area contributed by atoms with Crippen molar-refractivity contribution in [1.29, 1.82) is 0 Å². The lowest BCUT2D eigenvalue weighted by Gasteiger charge is -2.05. The third kappa shape index (κ3) is 6.03. The van der Waals surface area contributed by atoms with Crippen molar-refractivity contribution >= 4 is 27.6 Å². The van der Waals surface area contributed by atoms with E-state index in [0.29, 0.717) is 6.42 Å². The maximum Gasteiger partial charge on any atom is 0.421 e. The number of amides is 1. The van der Waals surface area contributed by atoms with Crippen LogP contribution in [-0.2, 0) is 21.5 Å². The minimum Gasteiger partial charge on any atom is -0.452 e. The maximum absolute atomic E-state index is 11.4. The van der Waals surface area contributed by atoms with Gasteiger partial charge in [0.2, 0.25) is 0 Å². The number of nitrogens with one attached hydrogen (secondary N) is 2. The summed E-state index contributed by atoms with van der Waals surface area (Å²) in [6.45, 7) is 0.0433. The first-order valence-electron chi connectivity index (χ1n) is 5.49. The summed E-state index contributed by atoms with van der Waals surface area (Å²) in [6.07, 6.45) is -0.667. The van der Waals surface area contributed by atoms with Crippen molar-refractivity contribution in [2.24, 2.45) is 0 Å². The third-order valence-corrected chi connectivity index (χ3v) is 3.86. The predicted octanol–water partition coefficient (Wildman–Crippen LogP) is 0.172. The van der Waals surface area contributed by atoms with Crippen molar-refractivity contribution in [3.8, 4) is 11.8 Å². The molecular weight excluding hydrogens is 304 g/mol. The molecule has 7 nitrogen and oxygen atoms in total. The highest BCUT2D eigenvalue weighted by atomic mass is 32.2. The highest BCUT2D eigenvalue weighted by Crippen LogP contribution is 2.13. The molecule has 0 bridgehead atoms. The van der Waals surface area contributed by atoms with Crippen LogP contribution in [0, 0.1) is 11.8 Å². The molecule has 0 aromatic carbocycles. The van der Waals surface area contributed by atoms with E-state index in [-0.39, 0.29) is 13.2 Å². The molecule has 0 unspecified atom stereocenters. The molecule has 1 aromatic rings. The maximum atomic E-state index is 11.4. The summed E-state index contributed by atoms with van der Waals surface area (Å²) in [5.41, 5.74) is 0.749. The van der Waals surface area contributed by atoms with Crippen molar-refractivity contribution in [3.63, 3.8) is 0 Å². The predicted molar refractivity (Wildman–Crippen MR) is 74.2 cm³/mol. The lowest BCUT2D eigenvalue weighted by molar-refractivity contribution is 0.177. The highest BCUT2D eigenvalue weighted by Gasteiger charge is 2.14. The van der Waals surface area contributed by atoms with Crippen LogP contribution in [0.25, 0.3) is 0 Å². The molecule has 1 amide bonds. The van der Waals surface area contributed by atoms with Crippen molar-refractivity contribution in [2.45, 2.75) is 13.0 Å². The number of hydrogen-bond acceptors (Lipinski definition) is 6. The number of aliphatic hydroxyl groups excluding tert-OH is 1. The molecule has 0 saturated heterocycles. The zero-order chi connectivity index (χ0) is 15.0. The number of rotatable bonds is 5. The Labute approximate surface area is 121 Å². The minimum absolute atomic E-state index is 0.00297. The average molecular weight is 318 g/mol. The normalized spacial score (nSPS) is 10.5. The van der Waals surface area contributed by atoms with Gasteiger partial charge in [0.1, 0.15) is 0 Å². The van der Waals surface area contributed by atoms with Crippen LogP contribution >= 0.6 is 11.3 Å². The molecule has 0 fully saturated rings. The molecular formula is C11H14N2O5S2. The van der Waals surface area contributed by atoms with E-state index in [0.717, 1.165) is 17.6 Å². The lowest BCUT2D eigenvalue weighted by Crippen LogP contribution is -2.39. The number of carbonyl (C=O) groups is 1. The van der Waals surface area contributed by atoms with E-state index in [9.17, 15) is 13.2 Å². The van der Waals surface area contributed by atoms with E-state index < -0.39 is 16.3 Å². The highest BCUT2D eigenvalue weighted by molar-refractivity contribution is 7.88. The van der Waals surface area contributed by atoms with Crippen LogP contribution in [0.3, 0.4) is 0 Å². The van der Waals surface area contributed by atoms with E-state index in [1.165, 1.54) is 11.3 Å². The summed E-state index contributed by atoms with van der Waals surface area (Å²) in [6, 6.07) is 1.73. The van der Waals surface area contributed by atoms with Gasteiger partial charge in [-0.05, 0) is 6.07 Å². The van der Waals surface area contributed by atoms with Crippen LogP contribution in [-0.4, -0.2) is 33.3 Å². The van der Waals surface area contributed by atoms with Gasteiger partial charge in [0.05, 0.1) is 13.7 Å². The zero-order valence-electron chi connectivity index (χ0n) is 10.7. The van der Waals surface area contributed by atoms with E-state index in [4.69, 9.17) is 5.11 Å². The largest absolute Gasteiger partial charge is 0.452 e. The van der Waals surface area contributed by atoms with Crippen LogP contribution < -0.4 is 9.44 Å². The number of carbonyl (C=O) groups excluding carboxylic acids is 1. The Morgan fingerprint density at radius 2 is 2.30 bits per heavy atom. The Hall–Kier alpha value is -1.60. The van der Waals surface area contributed by atoms with Crippen molar-refractivity contribution in [1.82, 2.24) is 9.44 Å². The minimum atomic E-state index is -3.94. The van der Waals surface area contributed by atoms with Gasteiger partial charge in [-0.15, -0.1) is 11.3 Å². The summed E-state index contributed by atoms with van der Waals surface area (Å²) in [5.74, 6) is 5.60. The summed E-state index contributed by atoms with van der Waals surface area (Å²) in [7, 11) is -2.87. The summed E-state index contributed by atoms with van der Waals surface area (Å²) >= 11 is 1.34. The second kappa shape index (κ2) is 7.86. The van der Waals surface area contributed by atoms with Gasteiger partial charge < -0.3 is 9.84 Å². The van der Waals surface area contributed by atoms with E-state index >= 15 is 0 Å². The molecule has 0 aliphatic rings. The Morgan fingerprint density at radius 1 is 1.55 bits per heavy atom. The monoisotopic (exact) mass is 318 g/mol. The van der Waals surface area contributed by atoms with Gasteiger partial charge in [-0.2, -0.15) is 13.1 Å². The Balaban J connectivity index is 2.54. The van der Waals surface area contributed by atoms with Gasteiger partial charge in [0, 0.05) is 28.8 Å². The van der Waals surface area contributed by atoms with E-state index in [1.807, 2.05) is 0 Å². The first kappa shape index (κ1) is 16.5. The molecule has 9 heteroatoms. The van der Waals surface area contributed by atoms with Crippen LogP contribution in [0.2, 0.25) is 0 Å². The SMILES string of the molecule is COC(=O)NS(=O)(=O)NCc1cc(C#CCCO)cs1. The first-order chi connectivity index (χ1) is 9.46. The molecule has 0 aliphatic carbocycles. The Morgan fingerprint density at radius 3 is 2.95 bits per heavy atom. The average Bonchev–Trinajstić information content (AvgIpc) is 2.84. The van der Waals surface area contributed by atoms with Crippen LogP contribution in [0.5, 0.6) is 0 Å². The van der Waals surface area contributed by atoms with Crippen molar-refractivity contribution < 1.29 is 23.1 Å². The number of thiophene rings is 1.